The number of aryl methyl sites for hydroxylation is 1. The highest BCUT2D eigenvalue weighted by molar-refractivity contribution is 5.92. The van der Waals surface area contributed by atoms with Crippen LogP contribution in [0.2, 0.25) is 0 Å². The van der Waals surface area contributed by atoms with Crippen molar-refractivity contribution in [1.82, 2.24) is 24.8 Å². The van der Waals surface area contributed by atoms with Gasteiger partial charge in [0.05, 0.1) is 30.7 Å². The van der Waals surface area contributed by atoms with E-state index < -0.39 is 0 Å². The second-order valence-corrected chi connectivity index (χ2v) is 8.14. The molecule has 32 heavy (non-hydrogen) atoms. The first kappa shape index (κ1) is 21.7. The Labute approximate surface area is 188 Å². The number of nitrogens with zero attached hydrogens (tertiary/aromatic N) is 6. The Bertz CT molecular complexity index is 1080. The highest BCUT2D eigenvalue weighted by atomic mass is 16.5. The summed E-state index contributed by atoms with van der Waals surface area (Å²) >= 11 is 0. The number of anilines is 1. The fraction of sp³-hybridized carbons (Fsp3) is 0.375. The quantitative estimate of drug-likeness (QED) is 0.608. The summed E-state index contributed by atoms with van der Waals surface area (Å²) in [6.07, 6.45) is 7.84. The van der Waals surface area contributed by atoms with E-state index in [0.717, 1.165) is 47.5 Å². The van der Waals surface area contributed by atoms with Crippen molar-refractivity contribution in [2.45, 2.75) is 32.2 Å². The molecule has 0 bridgehead atoms. The average Bonchev–Trinajstić information content (AvgIpc) is 2.83. The first-order valence-corrected chi connectivity index (χ1v) is 10.8. The molecule has 0 N–H and O–H groups in total. The van der Waals surface area contributed by atoms with Crippen molar-refractivity contribution < 1.29 is 9.53 Å². The smallest absolute Gasteiger partial charge is 0.274 e. The van der Waals surface area contributed by atoms with Crippen LogP contribution in [0.5, 0.6) is 5.75 Å². The molecule has 1 atom stereocenters. The number of ether oxygens (including phenoxy) is 1. The van der Waals surface area contributed by atoms with Crippen molar-refractivity contribution in [3.05, 3.63) is 59.9 Å². The zero-order valence-corrected chi connectivity index (χ0v) is 18.9. The van der Waals surface area contributed by atoms with Crippen molar-refractivity contribution in [2.24, 2.45) is 0 Å². The monoisotopic (exact) mass is 432 g/mol. The van der Waals surface area contributed by atoms with Gasteiger partial charge < -0.3 is 14.5 Å². The van der Waals surface area contributed by atoms with Crippen molar-refractivity contribution in [2.75, 3.05) is 32.6 Å². The van der Waals surface area contributed by atoms with E-state index in [-0.39, 0.29) is 11.9 Å². The lowest BCUT2D eigenvalue weighted by atomic mass is 9.93. The number of methoxy groups -OCH3 is 1. The van der Waals surface area contributed by atoms with E-state index in [2.05, 4.69) is 15.0 Å². The summed E-state index contributed by atoms with van der Waals surface area (Å²) in [5, 5.41) is 0. The van der Waals surface area contributed by atoms with Gasteiger partial charge in [-0.05, 0) is 43.9 Å². The highest BCUT2D eigenvalue weighted by Crippen LogP contribution is 2.37. The zero-order valence-electron chi connectivity index (χ0n) is 18.9. The van der Waals surface area contributed by atoms with E-state index in [9.17, 15) is 4.79 Å². The number of carbonyl (C=O) groups excluding carboxylic acids is 1. The predicted octanol–water partition coefficient (Wildman–Crippen LogP) is 3.68. The minimum atomic E-state index is -0.168. The number of hydrogen-bond acceptors (Lipinski definition) is 7. The molecular weight excluding hydrogens is 404 g/mol. The number of hydrogen-bond donors (Lipinski definition) is 0. The van der Waals surface area contributed by atoms with Crippen LogP contribution in [-0.4, -0.2) is 58.5 Å². The molecule has 2 aromatic heterocycles. The molecule has 0 aliphatic carbocycles. The molecule has 1 unspecified atom stereocenters. The lowest BCUT2D eigenvalue weighted by molar-refractivity contribution is 0.0600. The molecule has 0 saturated carbocycles. The maximum Gasteiger partial charge on any atom is 0.274 e. The maximum absolute atomic E-state index is 13.4. The van der Waals surface area contributed by atoms with Crippen LogP contribution < -0.4 is 9.64 Å². The lowest BCUT2D eigenvalue weighted by Gasteiger charge is -2.36. The minimum absolute atomic E-state index is 0.118. The molecule has 166 valence electrons. The van der Waals surface area contributed by atoms with Crippen molar-refractivity contribution >= 4 is 11.9 Å². The van der Waals surface area contributed by atoms with Crippen LogP contribution in [0.15, 0.2) is 42.9 Å². The van der Waals surface area contributed by atoms with E-state index in [0.29, 0.717) is 18.2 Å². The van der Waals surface area contributed by atoms with Crippen molar-refractivity contribution in [1.29, 1.82) is 0 Å². The standard InChI is InChI=1S/C24H28N6O2/c1-16-13-26-20(15-25-16)23(31)30-12-6-5-7-21(30)22-19(14-27-24(28-22)29(2)3)17-8-10-18(32-4)11-9-17/h8-11,13-15,21H,5-7,12H2,1-4H3. The summed E-state index contributed by atoms with van der Waals surface area (Å²) in [5.41, 5.74) is 3.89. The minimum Gasteiger partial charge on any atom is -0.497 e. The predicted molar refractivity (Wildman–Crippen MR) is 123 cm³/mol. The SMILES string of the molecule is COc1ccc(-c2cnc(N(C)C)nc2C2CCCCN2C(=O)c2cnc(C)cn2)cc1. The fourth-order valence-electron chi connectivity index (χ4n) is 3.96. The van der Waals surface area contributed by atoms with Gasteiger partial charge in [-0.15, -0.1) is 0 Å². The summed E-state index contributed by atoms with van der Waals surface area (Å²) in [4.78, 5) is 35.2. The van der Waals surface area contributed by atoms with Crippen molar-refractivity contribution in [3.8, 4) is 16.9 Å². The largest absolute Gasteiger partial charge is 0.497 e. The Kier molecular flexibility index (Phi) is 6.30. The van der Waals surface area contributed by atoms with E-state index in [4.69, 9.17) is 9.72 Å². The van der Waals surface area contributed by atoms with Crippen LogP contribution in [0.25, 0.3) is 11.1 Å². The Balaban J connectivity index is 1.78. The van der Waals surface area contributed by atoms with E-state index in [1.54, 1.807) is 19.5 Å². The second kappa shape index (κ2) is 9.30. The van der Waals surface area contributed by atoms with E-state index in [1.807, 2.05) is 61.3 Å². The third-order valence-corrected chi connectivity index (χ3v) is 5.69. The van der Waals surface area contributed by atoms with Gasteiger partial charge in [0.2, 0.25) is 5.95 Å². The Morgan fingerprint density at radius 3 is 2.50 bits per heavy atom. The molecule has 0 spiro atoms. The van der Waals surface area contributed by atoms with E-state index >= 15 is 0 Å². The molecule has 1 saturated heterocycles. The number of carbonyl (C=O) groups is 1. The highest BCUT2D eigenvalue weighted by Gasteiger charge is 2.32. The number of amides is 1. The van der Waals surface area contributed by atoms with Gasteiger partial charge in [0, 0.05) is 38.6 Å². The van der Waals surface area contributed by atoms with Gasteiger partial charge in [0.1, 0.15) is 11.4 Å². The molecule has 0 radical (unpaired) electrons. The average molecular weight is 433 g/mol. The zero-order chi connectivity index (χ0) is 22.7. The third kappa shape index (κ3) is 4.39. The second-order valence-electron chi connectivity index (χ2n) is 8.14. The maximum atomic E-state index is 13.4. The first-order chi connectivity index (χ1) is 15.5. The van der Waals surface area contributed by atoms with Gasteiger partial charge in [-0.2, -0.15) is 0 Å². The van der Waals surface area contributed by atoms with Crippen LogP contribution >= 0.6 is 0 Å². The number of piperidine rings is 1. The molecule has 3 aromatic rings. The lowest BCUT2D eigenvalue weighted by Crippen LogP contribution is -2.39. The molecule has 4 rings (SSSR count). The number of likely N-dealkylation sites (tertiary alicyclic amines) is 1. The van der Waals surface area contributed by atoms with Gasteiger partial charge in [-0.3, -0.25) is 9.78 Å². The molecule has 1 aliphatic heterocycles. The summed E-state index contributed by atoms with van der Waals surface area (Å²) < 4.78 is 5.30. The molecule has 3 heterocycles. The van der Waals surface area contributed by atoms with Gasteiger partial charge in [0.25, 0.3) is 5.91 Å². The molecule has 1 aliphatic rings. The third-order valence-electron chi connectivity index (χ3n) is 5.69. The van der Waals surface area contributed by atoms with E-state index in [1.165, 1.54) is 0 Å². The van der Waals surface area contributed by atoms with Crippen LogP contribution in [0, 0.1) is 6.92 Å². The van der Waals surface area contributed by atoms with Crippen LogP contribution in [0.1, 0.15) is 47.2 Å². The van der Waals surface area contributed by atoms with Crippen LogP contribution in [-0.2, 0) is 0 Å². The Morgan fingerprint density at radius 1 is 1.06 bits per heavy atom. The summed E-state index contributed by atoms with van der Waals surface area (Å²) in [6, 6.07) is 7.67. The summed E-state index contributed by atoms with van der Waals surface area (Å²) in [7, 11) is 5.48. The Hall–Kier alpha value is -3.55. The van der Waals surface area contributed by atoms with Gasteiger partial charge in [-0.25, -0.2) is 15.0 Å². The molecule has 1 fully saturated rings. The van der Waals surface area contributed by atoms with Crippen molar-refractivity contribution in [3.63, 3.8) is 0 Å². The molecule has 8 nitrogen and oxygen atoms in total. The fourth-order valence-corrected chi connectivity index (χ4v) is 3.96. The molecular formula is C24H28N6O2. The Morgan fingerprint density at radius 2 is 1.84 bits per heavy atom. The number of rotatable bonds is 5. The molecule has 1 aromatic carbocycles. The molecule has 8 heteroatoms. The van der Waals surface area contributed by atoms with Crippen LogP contribution in [0.4, 0.5) is 5.95 Å². The summed E-state index contributed by atoms with van der Waals surface area (Å²) in [6.45, 7) is 2.51. The van der Waals surface area contributed by atoms with Gasteiger partial charge in [-0.1, -0.05) is 12.1 Å². The normalized spacial score (nSPS) is 16.0. The topological polar surface area (TPSA) is 84.3 Å². The first-order valence-electron chi connectivity index (χ1n) is 10.8. The van der Waals surface area contributed by atoms with Gasteiger partial charge in [0.15, 0.2) is 0 Å². The summed E-state index contributed by atoms with van der Waals surface area (Å²) in [5.74, 6) is 1.28. The van der Waals surface area contributed by atoms with Gasteiger partial charge >= 0.3 is 0 Å². The van der Waals surface area contributed by atoms with Crippen LogP contribution in [0.3, 0.4) is 0 Å². The molecule has 1 amide bonds. The number of benzene rings is 1. The number of aromatic nitrogens is 4.